The van der Waals surface area contributed by atoms with Crippen LogP contribution in [-0.2, 0) is 29.4 Å². The number of hydrogen-bond donors (Lipinski definition) is 1. The number of benzene rings is 1. The Bertz CT molecular complexity index is 973. The molecule has 3 heterocycles. The minimum atomic E-state index is -1.28. The summed E-state index contributed by atoms with van der Waals surface area (Å²) < 4.78 is 16.8. The van der Waals surface area contributed by atoms with Crippen molar-refractivity contribution in [2.24, 2.45) is 11.3 Å². The van der Waals surface area contributed by atoms with Gasteiger partial charge in [0.1, 0.15) is 6.10 Å². The molecule has 166 valence electrons. The molecule has 7 nitrogen and oxygen atoms in total. The highest BCUT2D eigenvalue weighted by Crippen LogP contribution is 2.52. The van der Waals surface area contributed by atoms with E-state index in [1.165, 1.54) is 16.9 Å². The maximum atomic E-state index is 12.9. The van der Waals surface area contributed by atoms with Gasteiger partial charge >= 0.3 is 11.9 Å². The Balaban J connectivity index is 1.46. The van der Waals surface area contributed by atoms with E-state index in [9.17, 15) is 9.59 Å². The first kappa shape index (κ1) is 21.8. The monoisotopic (exact) mass is 444 g/mol. The molecular formula is C23H28N2O5S. The smallest absolute Gasteiger partial charge is 0.324 e. The third kappa shape index (κ3) is 4.32. The van der Waals surface area contributed by atoms with E-state index in [1.807, 2.05) is 36.6 Å². The van der Waals surface area contributed by atoms with Crippen LogP contribution in [0.25, 0.3) is 0 Å². The molecule has 1 spiro atoms. The van der Waals surface area contributed by atoms with Crippen molar-refractivity contribution in [3.63, 3.8) is 0 Å². The van der Waals surface area contributed by atoms with E-state index in [1.54, 1.807) is 6.92 Å². The number of aryl methyl sites for hydroxylation is 1. The highest BCUT2D eigenvalue weighted by Gasteiger charge is 2.65. The summed E-state index contributed by atoms with van der Waals surface area (Å²) >= 11 is 1.43. The van der Waals surface area contributed by atoms with Crippen LogP contribution < -0.4 is 5.32 Å². The molecular weight excluding hydrogens is 416 g/mol. The van der Waals surface area contributed by atoms with Gasteiger partial charge in [0.15, 0.2) is 16.1 Å². The normalized spacial score (nSPS) is 27.7. The van der Waals surface area contributed by atoms with E-state index >= 15 is 0 Å². The zero-order chi connectivity index (χ0) is 22.2. The van der Waals surface area contributed by atoms with Gasteiger partial charge in [0.2, 0.25) is 0 Å². The van der Waals surface area contributed by atoms with Crippen LogP contribution in [0, 0.1) is 18.3 Å². The Hall–Kier alpha value is -2.45. The molecule has 1 aromatic carbocycles. The lowest BCUT2D eigenvalue weighted by Crippen LogP contribution is -2.32. The standard InChI is InChI=1S/C23H28N2O5S/c1-14(2)10-28-11-17-9-23(19(26)29-17)13-22(4,30-20(23)27)18-12-31-21(25-18)24-16-7-5-15(3)6-8-16/h5-8,12,14,17H,9-11,13H2,1-4H3,(H,24,25)/t17-,22+,23+/m0/s1. The summed E-state index contributed by atoms with van der Waals surface area (Å²) in [6.45, 7) is 8.82. The van der Waals surface area contributed by atoms with Crippen LogP contribution in [0.5, 0.6) is 0 Å². The van der Waals surface area contributed by atoms with Crippen molar-refractivity contribution in [3.8, 4) is 0 Å². The van der Waals surface area contributed by atoms with E-state index in [4.69, 9.17) is 14.2 Å². The number of carbonyl (C=O) groups excluding carboxylic acids is 2. The SMILES string of the molecule is Cc1ccc(Nc2nc([C@@]3(C)C[C@@]4(C[C@@H](COCC(C)C)OC4=O)C(=O)O3)cs2)cc1. The number of carbonyl (C=O) groups is 2. The van der Waals surface area contributed by atoms with E-state index in [0.29, 0.717) is 23.4 Å². The molecule has 0 aliphatic carbocycles. The fourth-order valence-electron chi connectivity index (χ4n) is 4.08. The molecule has 2 saturated heterocycles. The minimum Gasteiger partial charge on any atom is -0.459 e. The number of nitrogens with one attached hydrogen (secondary N) is 1. The molecule has 4 rings (SSSR count). The second-order valence-corrected chi connectivity index (χ2v) is 9.93. The van der Waals surface area contributed by atoms with Gasteiger partial charge in [-0.2, -0.15) is 0 Å². The van der Waals surface area contributed by atoms with Crippen LogP contribution in [0.1, 0.15) is 44.9 Å². The van der Waals surface area contributed by atoms with Crippen LogP contribution >= 0.6 is 11.3 Å². The summed E-state index contributed by atoms with van der Waals surface area (Å²) in [5.74, 6) is -0.668. The first-order chi connectivity index (χ1) is 14.7. The second kappa shape index (κ2) is 8.24. The molecule has 8 heteroatoms. The van der Waals surface area contributed by atoms with Gasteiger partial charge in [-0.25, -0.2) is 4.98 Å². The molecule has 31 heavy (non-hydrogen) atoms. The summed E-state index contributed by atoms with van der Waals surface area (Å²) in [4.78, 5) is 30.2. The largest absolute Gasteiger partial charge is 0.459 e. The summed E-state index contributed by atoms with van der Waals surface area (Å²) in [6.07, 6.45) is 0.0542. The number of esters is 2. The predicted molar refractivity (Wildman–Crippen MR) is 117 cm³/mol. The van der Waals surface area contributed by atoms with Crippen molar-refractivity contribution < 1.29 is 23.8 Å². The maximum Gasteiger partial charge on any atom is 0.324 e. The first-order valence-electron chi connectivity index (χ1n) is 10.5. The van der Waals surface area contributed by atoms with Crippen molar-refractivity contribution in [2.45, 2.75) is 52.2 Å². The average molecular weight is 445 g/mol. The fourth-order valence-corrected chi connectivity index (χ4v) is 4.93. The fraction of sp³-hybridized carbons (Fsp3) is 0.522. The van der Waals surface area contributed by atoms with Gasteiger partial charge in [0, 0.05) is 30.5 Å². The number of aromatic nitrogens is 1. The summed E-state index contributed by atoms with van der Waals surface area (Å²) in [7, 11) is 0. The average Bonchev–Trinajstić information content (AvgIpc) is 3.36. The summed E-state index contributed by atoms with van der Waals surface area (Å²) in [5.41, 5.74) is 0.477. The van der Waals surface area contributed by atoms with E-state index in [0.717, 1.165) is 5.69 Å². The Kier molecular flexibility index (Phi) is 5.79. The zero-order valence-corrected chi connectivity index (χ0v) is 19.1. The van der Waals surface area contributed by atoms with Crippen LogP contribution in [-0.4, -0.2) is 36.2 Å². The lowest BCUT2D eigenvalue weighted by molar-refractivity contribution is -0.160. The number of ether oxygens (including phenoxy) is 3. The van der Waals surface area contributed by atoms with Gasteiger partial charge in [0.25, 0.3) is 0 Å². The van der Waals surface area contributed by atoms with Crippen LogP contribution in [0.15, 0.2) is 29.6 Å². The van der Waals surface area contributed by atoms with E-state index < -0.39 is 29.1 Å². The molecule has 1 aromatic heterocycles. The maximum absolute atomic E-state index is 12.9. The van der Waals surface area contributed by atoms with E-state index in [2.05, 4.69) is 24.1 Å². The van der Waals surface area contributed by atoms with Gasteiger partial charge in [-0.05, 0) is 31.9 Å². The predicted octanol–water partition coefficient (Wildman–Crippen LogP) is 4.33. The quantitative estimate of drug-likeness (QED) is 0.502. The molecule has 2 fully saturated rings. The number of hydrogen-bond acceptors (Lipinski definition) is 8. The Labute approximate surface area is 186 Å². The van der Waals surface area contributed by atoms with Crippen molar-refractivity contribution >= 4 is 34.1 Å². The minimum absolute atomic E-state index is 0.214. The number of anilines is 2. The van der Waals surface area contributed by atoms with Gasteiger partial charge in [-0.3, -0.25) is 9.59 Å². The van der Waals surface area contributed by atoms with Crippen molar-refractivity contribution in [3.05, 3.63) is 40.9 Å². The molecule has 0 radical (unpaired) electrons. The Morgan fingerprint density at radius 2 is 2.00 bits per heavy atom. The molecule has 3 atom stereocenters. The lowest BCUT2D eigenvalue weighted by atomic mass is 9.78. The van der Waals surface area contributed by atoms with Crippen LogP contribution in [0.2, 0.25) is 0 Å². The summed E-state index contributed by atoms with van der Waals surface area (Å²) in [6, 6.07) is 8.01. The molecule has 0 unspecified atom stereocenters. The lowest BCUT2D eigenvalue weighted by Gasteiger charge is -2.20. The molecule has 2 aliphatic heterocycles. The molecule has 1 N–H and O–H groups in total. The summed E-state index contributed by atoms with van der Waals surface area (Å²) in [5, 5.41) is 5.84. The zero-order valence-electron chi connectivity index (χ0n) is 18.3. The van der Waals surface area contributed by atoms with E-state index in [-0.39, 0.29) is 19.4 Å². The molecule has 0 saturated carbocycles. The van der Waals surface area contributed by atoms with Gasteiger partial charge < -0.3 is 19.5 Å². The van der Waals surface area contributed by atoms with Crippen molar-refractivity contribution in [1.82, 2.24) is 4.98 Å². The molecule has 0 amide bonds. The van der Waals surface area contributed by atoms with Gasteiger partial charge in [0.05, 0.1) is 12.3 Å². The van der Waals surface area contributed by atoms with Crippen LogP contribution in [0.4, 0.5) is 10.8 Å². The Morgan fingerprint density at radius 1 is 1.26 bits per heavy atom. The second-order valence-electron chi connectivity index (χ2n) is 9.07. The first-order valence-corrected chi connectivity index (χ1v) is 11.4. The highest BCUT2D eigenvalue weighted by molar-refractivity contribution is 7.13. The van der Waals surface area contributed by atoms with Gasteiger partial charge in [-0.15, -0.1) is 11.3 Å². The Morgan fingerprint density at radius 3 is 2.71 bits per heavy atom. The number of thiazole rings is 1. The molecule has 2 aromatic rings. The third-order valence-corrected chi connectivity index (χ3v) is 6.45. The number of rotatable bonds is 7. The molecule has 2 aliphatic rings. The number of cyclic esters (lactones) is 2. The van der Waals surface area contributed by atoms with Gasteiger partial charge in [-0.1, -0.05) is 31.5 Å². The van der Waals surface area contributed by atoms with Crippen molar-refractivity contribution in [2.75, 3.05) is 18.5 Å². The highest BCUT2D eigenvalue weighted by atomic mass is 32.1. The topological polar surface area (TPSA) is 86.8 Å². The molecule has 0 bridgehead atoms. The third-order valence-electron chi connectivity index (χ3n) is 5.69. The van der Waals surface area contributed by atoms with Crippen molar-refractivity contribution in [1.29, 1.82) is 0 Å². The van der Waals surface area contributed by atoms with Crippen LogP contribution in [0.3, 0.4) is 0 Å². The number of nitrogens with zero attached hydrogens (tertiary/aromatic N) is 1.